The highest BCUT2D eigenvalue weighted by Gasteiger charge is 2.45. The van der Waals surface area contributed by atoms with Gasteiger partial charge in [-0.15, -0.1) is 0 Å². The number of amides is 1. The quantitative estimate of drug-likeness (QED) is 0.685. The molecular formula is C13H15NO. The van der Waals surface area contributed by atoms with Crippen LogP contribution in [0.4, 0.5) is 0 Å². The molecule has 1 amide bonds. The number of hydrogen-bond acceptors (Lipinski definition) is 1. The number of fused-ring (bicyclic) bond motifs is 3. The fourth-order valence-electron chi connectivity index (χ4n) is 3.01. The van der Waals surface area contributed by atoms with Crippen LogP contribution in [-0.4, -0.2) is 5.91 Å². The Morgan fingerprint density at radius 1 is 1.40 bits per heavy atom. The van der Waals surface area contributed by atoms with E-state index in [0.29, 0.717) is 6.42 Å². The second-order valence-electron chi connectivity index (χ2n) is 5.03. The molecule has 1 fully saturated rings. The van der Waals surface area contributed by atoms with Crippen LogP contribution in [-0.2, 0) is 11.2 Å². The molecule has 1 heterocycles. The van der Waals surface area contributed by atoms with Gasteiger partial charge in [0.25, 0.3) is 0 Å². The van der Waals surface area contributed by atoms with Gasteiger partial charge >= 0.3 is 0 Å². The zero-order valence-corrected chi connectivity index (χ0v) is 8.92. The molecule has 2 atom stereocenters. The summed E-state index contributed by atoms with van der Waals surface area (Å²) >= 11 is 0. The van der Waals surface area contributed by atoms with Gasteiger partial charge in [0.1, 0.15) is 0 Å². The Morgan fingerprint density at radius 2 is 2.20 bits per heavy atom. The fraction of sp³-hybridized carbons (Fsp3) is 0.462. The zero-order chi connectivity index (χ0) is 10.5. The minimum absolute atomic E-state index is 0.203. The molecule has 1 aromatic carbocycles. The normalized spacial score (nSPS) is 33.1. The standard InChI is InChI=1S/C13H15NO/c1-13-7-6-11(15)14-12(13)10-5-3-2-4-9(10)8-13/h2-5,12H,6-8H2,1H3,(H,14,15)/t12-,13+/m0/s1. The maximum absolute atomic E-state index is 11.4. The van der Waals surface area contributed by atoms with Gasteiger partial charge in [-0.2, -0.15) is 0 Å². The van der Waals surface area contributed by atoms with Crippen molar-refractivity contribution in [1.29, 1.82) is 0 Å². The molecule has 1 aromatic rings. The minimum atomic E-state index is 0.203. The minimum Gasteiger partial charge on any atom is -0.349 e. The van der Waals surface area contributed by atoms with Crippen molar-refractivity contribution in [1.82, 2.24) is 5.32 Å². The Kier molecular flexibility index (Phi) is 1.70. The Labute approximate surface area is 89.7 Å². The SMILES string of the molecule is C[C@]12CCC(=O)N[C@H]1c1ccccc1C2. The van der Waals surface area contributed by atoms with E-state index in [1.165, 1.54) is 11.1 Å². The van der Waals surface area contributed by atoms with E-state index in [4.69, 9.17) is 0 Å². The van der Waals surface area contributed by atoms with Crippen LogP contribution in [0.2, 0.25) is 0 Å². The summed E-state index contributed by atoms with van der Waals surface area (Å²) in [5.74, 6) is 0.203. The average molecular weight is 201 g/mol. The van der Waals surface area contributed by atoms with Crippen LogP contribution >= 0.6 is 0 Å². The third-order valence-electron chi connectivity index (χ3n) is 3.89. The largest absolute Gasteiger partial charge is 0.349 e. The van der Waals surface area contributed by atoms with Gasteiger partial charge in [0.05, 0.1) is 6.04 Å². The molecule has 1 saturated heterocycles. The first kappa shape index (κ1) is 8.96. The van der Waals surface area contributed by atoms with Gasteiger partial charge < -0.3 is 5.32 Å². The molecule has 0 unspecified atom stereocenters. The molecule has 1 aliphatic carbocycles. The van der Waals surface area contributed by atoms with Crippen LogP contribution in [0.1, 0.15) is 36.9 Å². The molecule has 78 valence electrons. The average Bonchev–Trinajstić information content (AvgIpc) is 2.51. The summed E-state index contributed by atoms with van der Waals surface area (Å²) in [6, 6.07) is 8.73. The predicted octanol–water partition coefficient (Wildman–Crippen LogP) is 2.20. The van der Waals surface area contributed by atoms with E-state index in [1.54, 1.807) is 0 Å². The lowest BCUT2D eigenvalue weighted by atomic mass is 9.76. The first-order valence-electron chi connectivity index (χ1n) is 5.56. The molecule has 2 heteroatoms. The summed E-state index contributed by atoms with van der Waals surface area (Å²) in [5, 5.41) is 3.14. The number of carbonyl (C=O) groups excluding carboxylic acids is 1. The molecule has 15 heavy (non-hydrogen) atoms. The molecule has 2 nitrogen and oxygen atoms in total. The molecular weight excluding hydrogens is 186 g/mol. The molecule has 0 spiro atoms. The molecule has 2 aliphatic rings. The van der Waals surface area contributed by atoms with Crippen LogP contribution in [0, 0.1) is 5.41 Å². The Bertz CT molecular complexity index is 426. The number of hydrogen-bond donors (Lipinski definition) is 1. The highest BCUT2D eigenvalue weighted by atomic mass is 16.1. The Morgan fingerprint density at radius 3 is 3.07 bits per heavy atom. The number of benzene rings is 1. The molecule has 1 aliphatic heterocycles. The second kappa shape index (κ2) is 2.84. The van der Waals surface area contributed by atoms with Crippen molar-refractivity contribution >= 4 is 5.91 Å². The van der Waals surface area contributed by atoms with Crippen molar-refractivity contribution in [2.45, 2.75) is 32.2 Å². The second-order valence-corrected chi connectivity index (χ2v) is 5.03. The maximum Gasteiger partial charge on any atom is 0.220 e. The van der Waals surface area contributed by atoms with Crippen LogP contribution in [0.25, 0.3) is 0 Å². The molecule has 0 bridgehead atoms. The molecule has 0 radical (unpaired) electrons. The van der Waals surface area contributed by atoms with E-state index in [2.05, 4.69) is 36.5 Å². The predicted molar refractivity (Wildman–Crippen MR) is 58.4 cm³/mol. The van der Waals surface area contributed by atoms with Crippen LogP contribution < -0.4 is 5.32 Å². The summed E-state index contributed by atoms with van der Waals surface area (Å²) in [7, 11) is 0. The number of nitrogens with one attached hydrogen (secondary N) is 1. The van der Waals surface area contributed by atoms with Crippen molar-refractivity contribution in [3.05, 3.63) is 35.4 Å². The Balaban J connectivity index is 2.07. The van der Waals surface area contributed by atoms with E-state index in [9.17, 15) is 4.79 Å². The lowest BCUT2D eigenvalue weighted by Gasteiger charge is -2.36. The Hall–Kier alpha value is -1.31. The van der Waals surface area contributed by atoms with E-state index in [1.807, 2.05) is 0 Å². The molecule has 0 aromatic heterocycles. The van der Waals surface area contributed by atoms with Crippen molar-refractivity contribution in [3.63, 3.8) is 0 Å². The summed E-state index contributed by atoms with van der Waals surface area (Å²) in [4.78, 5) is 11.4. The summed E-state index contributed by atoms with van der Waals surface area (Å²) < 4.78 is 0. The summed E-state index contributed by atoms with van der Waals surface area (Å²) in [6.07, 6.45) is 2.80. The molecule has 1 N–H and O–H groups in total. The van der Waals surface area contributed by atoms with Gasteiger partial charge in [-0.3, -0.25) is 4.79 Å². The van der Waals surface area contributed by atoms with Crippen LogP contribution in [0.15, 0.2) is 24.3 Å². The highest BCUT2D eigenvalue weighted by Crippen LogP contribution is 2.50. The van der Waals surface area contributed by atoms with E-state index < -0.39 is 0 Å². The smallest absolute Gasteiger partial charge is 0.220 e. The fourth-order valence-corrected chi connectivity index (χ4v) is 3.01. The van der Waals surface area contributed by atoms with Gasteiger partial charge in [-0.05, 0) is 29.4 Å². The highest BCUT2D eigenvalue weighted by molar-refractivity contribution is 5.78. The summed E-state index contributed by atoms with van der Waals surface area (Å²) in [6.45, 7) is 2.29. The van der Waals surface area contributed by atoms with Crippen LogP contribution in [0.3, 0.4) is 0 Å². The topological polar surface area (TPSA) is 29.1 Å². The van der Waals surface area contributed by atoms with E-state index >= 15 is 0 Å². The maximum atomic E-state index is 11.4. The van der Waals surface area contributed by atoms with Crippen molar-refractivity contribution in [2.75, 3.05) is 0 Å². The van der Waals surface area contributed by atoms with Gasteiger partial charge in [0.15, 0.2) is 0 Å². The van der Waals surface area contributed by atoms with E-state index in [0.717, 1.165) is 12.8 Å². The number of carbonyl (C=O) groups is 1. The summed E-state index contributed by atoms with van der Waals surface area (Å²) in [5.41, 5.74) is 2.98. The molecule has 0 saturated carbocycles. The van der Waals surface area contributed by atoms with Crippen molar-refractivity contribution in [3.8, 4) is 0 Å². The van der Waals surface area contributed by atoms with Crippen molar-refractivity contribution < 1.29 is 4.79 Å². The number of piperidine rings is 1. The third-order valence-corrected chi connectivity index (χ3v) is 3.89. The number of rotatable bonds is 0. The van der Waals surface area contributed by atoms with Gasteiger partial charge in [-0.25, -0.2) is 0 Å². The van der Waals surface area contributed by atoms with Crippen LogP contribution in [0.5, 0.6) is 0 Å². The van der Waals surface area contributed by atoms with Gasteiger partial charge in [0.2, 0.25) is 5.91 Å². The lowest BCUT2D eigenvalue weighted by Crippen LogP contribution is -2.42. The zero-order valence-electron chi connectivity index (χ0n) is 8.92. The lowest BCUT2D eigenvalue weighted by molar-refractivity contribution is -0.125. The monoisotopic (exact) mass is 201 g/mol. The molecule has 3 rings (SSSR count). The third kappa shape index (κ3) is 1.21. The first-order valence-corrected chi connectivity index (χ1v) is 5.56. The van der Waals surface area contributed by atoms with Gasteiger partial charge in [-0.1, -0.05) is 31.2 Å². The first-order chi connectivity index (χ1) is 7.19. The van der Waals surface area contributed by atoms with Crippen molar-refractivity contribution in [2.24, 2.45) is 5.41 Å². The van der Waals surface area contributed by atoms with E-state index in [-0.39, 0.29) is 17.4 Å². The van der Waals surface area contributed by atoms with Gasteiger partial charge in [0, 0.05) is 6.42 Å².